The molecule has 0 radical (unpaired) electrons. The lowest BCUT2D eigenvalue weighted by atomic mass is 9.80. The summed E-state index contributed by atoms with van der Waals surface area (Å²) in [5, 5.41) is 0. The van der Waals surface area contributed by atoms with Gasteiger partial charge in [-0.2, -0.15) is 0 Å². The highest BCUT2D eigenvalue weighted by molar-refractivity contribution is 6.13. The molecule has 0 spiro atoms. The van der Waals surface area contributed by atoms with Gasteiger partial charge in [-0.05, 0) is 18.7 Å². The van der Waals surface area contributed by atoms with E-state index in [1.807, 2.05) is 0 Å². The molecule has 1 aliphatic carbocycles. The van der Waals surface area contributed by atoms with Crippen LogP contribution >= 0.6 is 0 Å². The van der Waals surface area contributed by atoms with E-state index in [1.54, 1.807) is 0 Å². The van der Waals surface area contributed by atoms with E-state index in [4.69, 9.17) is 0 Å². The van der Waals surface area contributed by atoms with Crippen molar-refractivity contribution in [2.75, 3.05) is 0 Å². The first-order valence-electron chi connectivity index (χ1n) is 3.70. The molecule has 1 heteroatoms. The fraction of sp³-hybridized carbons (Fsp3) is 0.500. The van der Waals surface area contributed by atoms with Gasteiger partial charge in [0.25, 0.3) is 0 Å². The highest BCUT2D eigenvalue weighted by Gasteiger charge is 2.00. The van der Waals surface area contributed by atoms with Crippen LogP contribution in [0, 0.1) is 0 Å². The van der Waals surface area contributed by atoms with Crippen LogP contribution in [0.3, 0.4) is 0 Å². The second-order valence-electron chi connectivity index (χ2n) is 2.71. The molecule has 0 amide bonds. The van der Waals surface area contributed by atoms with Crippen molar-refractivity contribution in [1.29, 1.82) is 0 Å². The summed E-state index contributed by atoms with van der Waals surface area (Å²) >= 11 is 0. The van der Waals surface area contributed by atoms with Gasteiger partial charge in [0.2, 0.25) is 0 Å². The lowest BCUT2D eigenvalue weighted by molar-refractivity contribution is 0.979. The van der Waals surface area contributed by atoms with E-state index in [2.05, 4.69) is 33.0 Å². The monoisotopic (exact) mass is 120 g/mol. The van der Waals surface area contributed by atoms with Crippen molar-refractivity contribution in [2.24, 2.45) is 0 Å². The van der Waals surface area contributed by atoms with E-state index in [9.17, 15) is 0 Å². The van der Waals surface area contributed by atoms with Crippen molar-refractivity contribution >= 4 is 7.85 Å². The summed E-state index contributed by atoms with van der Waals surface area (Å²) in [6, 6.07) is 0. The number of allylic oxidation sites excluding steroid dienone is 4. The SMILES string of the molecule is BC1C=C(CC)C=CC1. The van der Waals surface area contributed by atoms with Gasteiger partial charge >= 0.3 is 0 Å². The number of rotatable bonds is 1. The van der Waals surface area contributed by atoms with Gasteiger partial charge in [0.15, 0.2) is 0 Å². The number of hydrogen-bond donors (Lipinski definition) is 0. The quantitative estimate of drug-likeness (QED) is 0.462. The average molecular weight is 120 g/mol. The van der Waals surface area contributed by atoms with Gasteiger partial charge in [-0.3, -0.25) is 0 Å². The molecule has 0 aliphatic heterocycles. The van der Waals surface area contributed by atoms with Crippen LogP contribution in [0.4, 0.5) is 0 Å². The van der Waals surface area contributed by atoms with Crippen LogP contribution in [-0.2, 0) is 0 Å². The first-order chi connectivity index (χ1) is 4.33. The Labute approximate surface area is 58.1 Å². The topological polar surface area (TPSA) is 0 Å². The van der Waals surface area contributed by atoms with Crippen LogP contribution in [0.25, 0.3) is 0 Å². The molecule has 0 saturated carbocycles. The van der Waals surface area contributed by atoms with Crippen LogP contribution < -0.4 is 0 Å². The Bertz CT molecular complexity index is 145. The van der Waals surface area contributed by atoms with E-state index in [-0.39, 0.29) is 0 Å². The fourth-order valence-corrected chi connectivity index (χ4v) is 1.16. The van der Waals surface area contributed by atoms with Gasteiger partial charge in [0.1, 0.15) is 7.85 Å². The highest BCUT2D eigenvalue weighted by Crippen LogP contribution is 2.19. The third-order valence-electron chi connectivity index (χ3n) is 1.75. The van der Waals surface area contributed by atoms with Crippen molar-refractivity contribution in [3.63, 3.8) is 0 Å². The Kier molecular flexibility index (Phi) is 2.15. The Morgan fingerprint density at radius 1 is 1.78 bits per heavy atom. The Hall–Kier alpha value is -0.455. The molecule has 0 N–H and O–H groups in total. The lowest BCUT2D eigenvalue weighted by Crippen LogP contribution is -1.92. The molecule has 0 aromatic heterocycles. The normalized spacial score (nSPS) is 25.9. The molecule has 0 nitrogen and oxygen atoms in total. The minimum Gasteiger partial charge on any atom is -0.0859 e. The maximum Gasteiger partial charge on any atom is 0.110 e. The minimum absolute atomic E-state index is 0.768. The Morgan fingerprint density at radius 3 is 3.00 bits per heavy atom. The summed E-state index contributed by atoms with van der Waals surface area (Å²) in [6.07, 6.45) is 9.27. The van der Waals surface area contributed by atoms with Gasteiger partial charge in [-0.25, -0.2) is 0 Å². The summed E-state index contributed by atoms with van der Waals surface area (Å²) in [6.45, 7) is 2.20. The molecule has 1 aliphatic rings. The largest absolute Gasteiger partial charge is 0.110 e. The van der Waals surface area contributed by atoms with Gasteiger partial charge in [0, 0.05) is 0 Å². The van der Waals surface area contributed by atoms with Crippen LogP contribution in [0.5, 0.6) is 0 Å². The van der Waals surface area contributed by atoms with Crippen molar-refractivity contribution in [3.8, 4) is 0 Å². The highest BCUT2D eigenvalue weighted by atomic mass is 14.0. The molecule has 0 fully saturated rings. The van der Waals surface area contributed by atoms with Gasteiger partial charge < -0.3 is 0 Å². The second kappa shape index (κ2) is 2.91. The van der Waals surface area contributed by atoms with E-state index < -0.39 is 0 Å². The van der Waals surface area contributed by atoms with Crippen molar-refractivity contribution < 1.29 is 0 Å². The van der Waals surface area contributed by atoms with Crippen molar-refractivity contribution in [2.45, 2.75) is 25.6 Å². The zero-order valence-electron chi connectivity index (χ0n) is 6.22. The summed E-state index contributed by atoms with van der Waals surface area (Å²) in [4.78, 5) is 0. The van der Waals surface area contributed by atoms with E-state index in [1.165, 1.54) is 18.4 Å². The second-order valence-corrected chi connectivity index (χ2v) is 2.71. The first kappa shape index (κ1) is 6.66. The van der Waals surface area contributed by atoms with Gasteiger partial charge in [-0.1, -0.05) is 30.7 Å². The molecule has 0 aromatic carbocycles. The first-order valence-corrected chi connectivity index (χ1v) is 3.70. The summed E-state index contributed by atoms with van der Waals surface area (Å²) < 4.78 is 0. The van der Waals surface area contributed by atoms with Crippen molar-refractivity contribution in [1.82, 2.24) is 0 Å². The predicted molar refractivity (Wildman–Crippen MR) is 44.4 cm³/mol. The summed E-state index contributed by atoms with van der Waals surface area (Å²) in [7, 11) is 2.26. The molecule has 0 saturated heterocycles. The Morgan fingerprint density at radius 2 is 2.56 bits per heavy atom. The zero-order valence-corrected chi connectivity index (χ0v) is 6.22. The van der Waals surface area contributed by atoms with Crippen LogP contribution in [0.2, 0.25) is 5.82 Å². The molecule has 48 valence electrons. The van der Waals surface area contributed by atoms with E-state index in [0.29, 0.717) is 0 Å². The zero-order chi connectivity index (χ0) is 6.69. The van der Waals surface area contributed by atoms with Crippen LogP contribution in [-0.4, -0.2) is 7.85 Å². The molecule has 1 unspecified atom stereocenters. The Balaban J connectivity index is 2.59. The molecule has 1 atom stereocenters. The third-order valence-corrected chi connectivity index (χ3v) is 1.75. The van der Waals surface area contributed by atoms with Crippen molar-refractivity contribution in [3.05, 3.63) is 23.8 Å². The number of hydrogen-bond acceptors (Lipinski definition) is 0. The predicted octanol–water partition coefficient (Wildman–Crippen LogP) is 1.70. The standard InChI is InChI=1S/C8H13B/c1-2-7-4-3-5-8(9)6-7/h3-4,6,8H,2,5,9H2,1H3. The summed E-state index contributed by atoms with van der Waals surface area (Å²) in [5.74, 6) is 0.768. The molecule has 9 heavy (non-hydrogen) atoms. The minimum atomic E-state index is 0.768. The molecule has 0 heterocycles. The maximum atomic E-state index is 2.36. The van der Waals surface area contributed by atoms with Gasteiger partial charge in [-0.15, -0.1) is 0 Å². The van der Waals surface area contributed by atoms with Crippen LogP contribution in [0.15, 0.2) is 23.8 Å². The third kappa shape index (κ3) is 1.74. The molecule has 0 bridgehead atoms. The smallest absolute Gasteiger partial charge is 0.0859 e. The van der Waals surface area contributed by atoms with Gasteiger partial charge in [0.05, 0.1) is 0 Å². The van der Waals surface area contributed by atoms with E-state index >= 15 is 0 Å². The lowest BCUT2D eigenvalue weighted by Gasteiger charge is -2.09. The fourth-order valence-electron chi connectivity index (χ4n) is 1.16. The molecular weight excluding hydrogens is 107 g/mol. The van der Waals surface area contributed by atoms with Crippen LogP contribution in [0.1, 0.15) is 19.8 Å². The maximum absolute atomic E-state index is 2.36. The molecule has 1 rings (SSSR count). The summed E-state index contributed by atoms with van der Waals surface area (Å²) in [5.41, 5.74) is 1.49. The molecular formula is C8H13B. The average Bonchev–Trinajstić information content (AvgIpc) is 1.88. The van der Waals surface area contributed by atoms with E-state index in [0.717, 1.165) is 5.82 Å². The molecule has 0 aromatic rings.